The summed E-state index contributed by atoms with van der Waals surface area (Å²) >= 11 is 0. The number of piperidine rings is 1. The van der Waals surface area contributed by atoms with E-state index in [0.29, 0.717) is 19.8 Å². The molecule has 0 atom stereocenters. The highest BCUT2D eigenvalue weighted by atomic mass is 16.6. The largest absolute Gasteiger partial charge is 0.394 e. The molecule has 3 rings (SSSR count). The molecule has 0 aliphatic carbocycles. The van der Waals surface area contributed by atoms with E-state index in [1.54, 1.807) is 12.1 Å². The molecule has 8 heteroatoms. The summed E-state index contributed by atoms with van der Waals surface area (Å²) in [6, 6.07) is 5.33. The first-order chi connectivity index (χ1) is 12.2. The van der Waals surface area contributed by atoms with Crippen molar-refractivity contribution in [1.82, 2.24) is 0 Å². The Morgan fingerprint density at radius 3 is 2.28 bits per heavy atom. The van der Waals surface area contributed by atoms with Crippen molar-refractivity contribution in [2.75, 3.05) is 62.4 Å². The standard InChI is InChI=1S/C17H25N3O5/c21-7-10-25-17-1-3-18(4-2-17)14-11-15(13-16(12-14)20(22)23)19-5-8-24-9-6-19/h11-13,17,21H,1-10H2. The summed E-state index contributed by atoms with van der Waals surface area (Å²) < 4.78 is 11.0. The molecule has 0 amide bonds. The van der Waals surface area contributed by atoms with E-state index in [1.165, 1.54) is 0 Å². The molecule has 0 bridgehead atoms. The number of aliphatic hydroxyl groups is 1. The van der Waals surface area contributed by atoms with E-state index >= 15 is 0 Å². The predicted octanol–water partition coefficient (Wildman–Crippen LogP) is 1.41. The lowest BCUT2D eigenvalue weighted by atomic mass is 10.1. The maximum atomic E-state index is 11.3. The van der Waals surface area contributed by atoms with Gasteiger partial charge in [0.15, 0.2) is 0 Å². The molecule has 2 aliphatic heterocycles. The Kier molecular flexibility index (Phi) is 6.06. The van der Waals surface area contributed by atoms with Crippen LogP contribution in [-0.2, 0) is 9.47 Å². The van der Waals surface area contributed by atoms with Crippen molar-refractivity contribution in [3.05, 3.63) is 28.3 Å². The van der Waals surface area contributed by atoms with E-state index in [-0.39, 0.29) is 23.3 Å². The number of hydrogen-bond acceptors (Lipinski definition) is 7. The zero-order valence-corrected chi connectivity index (χ0v) is 14.3. The fourth-order valence-corrected chi connectivity index (χ4v) is 3.37. The van der Waals surface area contributed by atoms with Gasteiger partial charge in [-0.15, -0.1) is 0 Å². The van der Waals surface area contributed by atoms with Crippen molar-refractivity contribution in [2.45, 2.75) is 18.9 Å². The predicted molar refractivity (Wildman–Crippen MR) is 94.4 cm³/mol. The fraction of sp³-hybridized carbons (Fsp3) is 0.647. The second-order valence-electron chi connectivity index (χ2n) is 6.34. The maximum absolute atomic E-state index is 11.3. The van der Waals surface area contributed by atoms with E-state index in [2.05, 4.69) is 9.80 Å². The summed E-state index contributed by atoms with van der Waals surface area (Å²) in [5.74, 6) is 0. The number of benzene rings is 1. The fourth-order valence-electron chi connectivity index (χ4n) is 3.37. The Morgan fingerprint density at radius 2 is 1.72 bits per heavy atom. The number of morpholine rings is 1. The summed E-state index contributed by atoms with van der Waals surface area (Å²) in [5.41, 5.74) is 1.89. The summed E-state index contributed by atoms with van der Waals surface area (Å²) in [6.07, 6.45) is 1.87. The highest BCUT2D eigenvalue weighted by molar-refractivity contribution is 5.65. The molecule has 2 aliphatic rings. The van der Waals surface area contributed by atoms with Gasteiger partial charge in [0.25, 0.3) is 5.69 Å². The molecule has 1 aromatic rings. The Labute approximate surface area is 147 Å². The smallest absolute Gasteiger partial charge is 0.273 e. The van der Waals surface area contributed by atoms with Gasteiger partial charge in [-0.2, -0.15) is 0 Å². The Morgan fingerprint density at radius 1 is 1.12 bits per heavy atom. The van der Waals surface area contributed by atoms with Crippen LogP contribution in [0.1, 0.15) is 12.8 Å². The summed E-state index contributed by atoms with van der Waals surface area (Å²) in [7, 11) is 0. The SMILES string of the molecule is O=[N+]([O-])c1cc(N2CCOCC2)cc(N2CCC(OCCO)CC2)c1. The third kappa shape index (κ3) is 4.59. The number of nitro benzene ring substituents is 1. The molecule has 8 nitrogen and oxygen atoms in total. The van der Waals surface area contributed by atoms with Crippen LogP contribution >= 0.6 is 0 Å². The molecule has 0 aromatic heterocycles. The number of aliphatic hydroxyl groups excluding tert-OH is 1. The van der Waals surface area contributed by atoms with Gasteiger partial charge in [0.1, 0.15) is 0 Å². The molecule has 0 spiro atoms. The van der Waals surface area contributed by atoms with Crippen molar-refractivity contribution in [1.29, 1.82) is 0 Å². The number of ether oxygens (including phenoxy) is 2. The number of nitrogens with zero attached hydrogens (tertiary/aromatic N) is 3. The molecule has 2 heterocycles. The number of non-ortho nitro benzene ring substituents is 1. The highest BCUT2D eigenvalue weighted by Crippen LogP contribution is 2.31. The molecule has 0 unspecified atom stereocenters. The van der Waals surface area contributed by atoms with E-state index in [4.69, 9.17) is 14.6 Å². The van der Waals surface area contributed by atoms with Gasteiger partial charge < -0.3 is 24.4 Å². The Hall–Kier alpha value is -1.90. The zero-order valence-electron chi connectivity index (χ0n) is 14.3. The topological polar surface area (TPSA) is 88.3 Å². The van der Waals surface area contributed by atoms with Crippen LogP contribution in [0.5, 0.6) is 0 Å². The van der Waals surface area contributed by atoms with Gasteiger partial charge in [-0.3, -0.25) is 10.1 Å². The molecular weight excluding hydrogens is 326 g/mol. The normalized spacial score (nSPS) is 19.2. The number of nitro groups is 1. The van der Waals surface area contributed by atoms with Crippen LogP contribution in [0, 0.1) is 10.1 Å². The molecular formula is C17H25N3O5. The van der Waals surface area contributed by atoms with Gasteiger partial charge in [-0.1, -0.05) is 0 Å². The number of anilines is 2. The molecule has 1 N–H and O–H groups in total. The van der Waals surface area contributed by atoms with E-state index in [0.717, 1.165) is 50.4 Å². The average Bonchev–Trinajstić information content (AvgIpc) is 2.67. The average molecular weight is 351 g/mol. The third-order valence-corrected chi connectivity index (χ3v) is 4.73. The number of hydrogen-bond donors (Lipinski definition) is 1. The minimum absolute atomic E-state index is 0.0357. The van der Waals surface area contributed by atoms with Crippen LogP contribution in [0.25, 0.3) is 0 Å². The van der Waals surface area contributed by atoms with Gasteiger partial charge in [-0.05, 0) is 18.9 Å². The molecule has 0 saturated carbocycles. The second kappa shape index (κ2) is 8.46. The molecule has 138 valence electrons. The van der Waals surface area contributed by atoms with Crippen molar-refractivity contribution < 1.29 is 19.5 Å². The van der Waals surface area contributed by atoms with Crippen LogP contribution in [0.15, 0.2) is 18.2 Å². The first-order valence-corrected chi connectivity index (χ1v) is 8.77. The zero-order chi connectivity index (χ0) is 17.6. The lowest BCUT2D eigenvalue weighted by Crippen LogP contribution is -2.38. The van der Waals surface area contributed by atoms with Crippen LogP contribution in [-0.4, -0.2) is 68.7 Å². The first-order valence-electron chi connectivity index (χ1n) is 8.77. The maximum Gasteiger partial charge on any atom is 0.273 e. The van der Waals surface area contributed by atoms with Gasteiger partial charge in [0.05, 0.1) is 37.5 Å². The minimum Gasteiger partial charge on any atom is -0.394 e. The van der Waals surface area contributed by atoms with Gasteiger partial charge in [0, 0.05) is 49.7 Å². The molecule has 1 aromatic carbocycles. The number of rotatable bonds is 6. The summed E-state index contributed by atoms with van der Waals surface area (Å²) in [6.45, 7) is 4.77. The van der Waals surface area contributed by atoms with Crippen molar-refractivity contribution in [3.63, 3.8) is 0 Å². The highest BCUT2D eigenvalue weighted by Gasteiger charge is 2.23. The third-order valence-electron chi connectivity index (χ3n) is 4.73. The molecule has 2 saturated heterocycles. The van der Waals surface area contributed by atoms with Crippen molar-refractivity contribution >= 4 is 17.1 Å². The van der Waals surface area contributed by atoms with Gasteiger partial charge >= 0.3 is 0 Å². The van der Waals surface area contributed by atoms with Crippen LogP contribution in [0.4, 0.5) is 17.1 Å². The minimum atomic E-state index is -0.329. The van der Waals surface area contributed by atoms with Crippen LogP contribution in [0.2, 0.25) is 0 Å². The monoisotopic (exact) mass is 351 g/mol. The van der Waals surface area contributed by atoms with Crippen molar-refractivity contribution in [2.24, 2.45) is 0 Å². The lowest BCUT2D eigenvalue weighted by molar-refractivity contribution is -0.384. The van der Waals surface area contributed by atoms with Gasteiger partial charge in [-0.25, -0.2) is 0 Å². The van der Waals surface area contributed by atoms with Crippen molar-refractivity contribution in [3.8, 4) is 0 Å². The molecule has 2 fully saturated rings. The van der Waals surface area contributed by atoms with E-state index in [9.17, 15) is 10.1 Å². The molecule has 25 heavy (non-hydrogen) atoms. The Bertz CT molecular complexity index is 584. The Balaban J connectivity index is 1.74. The van der Waals surface area contributed by atoms with E-state index in [1.807, 2.05) is 6.07 Å². The van der Waals surface area contributed by atoms with Gasteiger partial charge in [0.2, 0.25) is 0 Å². The summed E-state index contributed by atoms with van der Waals surface area (Å²) in [4.78, 5) is 15.3. The summed E-state index contributed by atoms with van der Waals surface area (Å²) in [5, 5.41) is 20.2. The molecule has 0 radical (unpaired) electrons. The lowest BCUT2D eigenvalue weighted by Gasteiger charge is -2.34. The first kappa shape index (κ1) is 17.9. The van der Waals surface area contributed by atoms with Crippen LogP contribution in [0.3, 0.4) is 0 Å². The second-order valence-corrected chi connectivity index (χ2v) is 6.34. The quantitative estimate of drug-likeness (QED) is 0.612. The van der Waals surface area contributed by atoms with Crippen LogP contribution < -0.4 is 9.80 Å². The van der Waals surface area contributed by atoms with E-state index < -0.39 is 0 Å².